The average molecular weight is 329 g/mol. The van der Waals surface area contributed by atoms with Crippen LogP contribution in [0, 0.1) is 0 Å². The minimum Gasteiger partial charge on any atom is -0.314 e. The maximum atomic E-state index is 12.7. The second-order valence-corrected chi connectivity index (χ2v) is 8.98. The lowest BCUT2D eigenvalue weighted by Gasteiger charge is -2.26. The van der Waals surface area contributed by atoms with Crippen LogP contribution in [0.2, 0.25) is 0 Å². The summed E-state index contributed by atoms with van der Waals surface area (Å²) in [7, 11) is -3.14. The van der Waals surface area contributed by atoms with Gasteiger partial charge in [0.15, 0.2) is 0 Å². The smallest absolute Gasteiger partial charge is 0.214 e. The van der Waals surface area contributed by atoms with Crippen LogP contribution in [0.1, 0.15) is 44.1 Å². The molecule has 1 saturated heterocycles. The van der Waals surface area contributed by atoms with Crippen molar-refractivity contribution >= 4 is 21.4 Å². The molecule has 0 bridgehead atoms. The Labute approximate surface area is 131 Å². The molecule has 1 unspecified atom stereocenters. The van der Waals surface area contributed by atoms with Gasteiger partial charge in [-0.15, -0.1) is 0 Å². The highest BCUT2D eigenvalue weighted by Gasteiger charge is 2.37. The second-order valence-electron chi connectivity index (χ2n) is 6.16. The minimum absolute atomic E-state index is 0.245. The maximum Gasteiger partial charge on any atom is 0.214 e. The fourth-order valence-corrected chi connectivity index (χ4v) is 5.45. The Kier molecular flexibility index (Phi) is 4.99. The largest absolute Gasteiger partial charge is 0.314 e. The van der Waals surface area contributed by atoms with Crippen molar-refractivity contribution in [3.05, 3.63) is 22.4 Å². The molecule has 1 aliphatic carbocycles. The number of nitrogens with one attached hydrogen (secondary N) is 1. The van der Waals surface area contributed by atoms with Crippen LogP contribution in [0.5, 0.6) is 0 Å². The Hall–Kier alpha value is -0.430. The predicted molar refractivity (Wildman–Crippen MR) is 86.9 cm³/mol. The van der Waals surface area contributed by atoms with E-state index < -0.39 is 10.0 Å². The molecule has 2 fully saturated rings. The number of hydrogen-bond acceptors (Lipinski definition) is 4. The Balaban J connectivity index is 1.60. The molecule has 0 amide bonds. The van der Waals surface area contributed by atoms with E-state index in [2.05, 4.69) is 5.32 Å². The lowest BCUT2D eigenvalue weighted by atomic mass is 10.0. The fourth-order valence-electron chi connectivity index (χ4n) is 2.96. The monoisotopic (exact) mass is 328 g/mol. The lowest BCUT2D eigenvalue weighted by Crippen LogP contribution is -2.39. The molecule has 0 radical (unpaired) electrons. The Bertz CT molecular complexity index is 532. The molecular weight excluding hydrogens is 304 g/mol. The molecule has 1 aliphatic heterocycles. The van der Waals surface area contributed by atoms with Gasteiger partial charge in [-0.3, -0.25) is 0 Å². The third-order valence-electron chi connectivity index (χ3n) is 4.37. The minimum atomic E-state index is -3.14. The van der Waals surface area contributed by atoms with Crippen LogP contribution in [0.15, 0.2) is 16.8 Å². The summed E-state index contributed by atoms with van der Waals surface area (Å²) in [6.45, 7) is 1.58. The zero-order chi connectivity index (χ0) is 14.7. The molecule has 4 nitrogen and oxygen atoms in total. The van der Waals surface area contributed by atoms with Gasteiger partial charge in [0.25, 0.3) is 0 Å². The number of thiophene rings is 1. The van der Waals surface area contributed by atoms with Gasteiger partial charge in [-0.1, -0.05) is 6.42 Å². The highest BCUT2D eigenvalue weighted by molar-refractivity contribution is 7.89. The third kappa shape index (κ3) is 4.28. The molecule has 6 heteroatoms. The zero-order valence-electron chi connectivity index (χ0n) is 12.3. The van der Waals surface area contributed by atoms with E-state index >= 15 is 0 Å². The first-order valence-electron chi connectivity index (χ1n) is 7.89. The topological polar surface area (TPSA) is 49.4 Å². The molecular formula is C15H24N2O2S2. The summed E-state index contributed by atoms with van der Waals surface area (Å²) < 4.78 is 27.1. The standard InChI is InChI=1S/C15H24N2O2S2/c18-21(19,10-7-14-3-1-2-8-16-14)17(15-4-5-15)11-13-6-9-20-12-13/h6,9,12,14-16H,1-5,7-8,10-11H2. The van der Waals surface area contributed by atoms with Crippen LogP contribution >= 0.6 is 11.3 Å². The van der Waals surface area contributed by atoms with E-state index in [1.165, 1.54) is 12.8 Å². The van der Waals surface area contributed by atoms with E-state index in [4.69, 9.17) is 0 Å². The van der Waals surface area contributed by atoms with Gasteiger partial charge in [-0.2, -0.15) is 15.6 Å². The van der Waals surface area contributed by atoms with Crippen LogP contribution < -0.4 is 5.32 Å². The van der Waals surface area contributed by atoms with E-state index in [0.29, 0.717) is 12.6 Å². The van der Waals surface area contributed by atoms with Crippen molar-refractivity contribution in [3.8, 4) is 0 Å². The van der Waals surface area contributed by atoms with Crippen molar-refractivity contribution in [2.45, 2.75) is 57.2 Å². The predicted octanol–water partition coefficient (Wildman–Crippen LogP) is 2.57. The van der Waals surface area contributed by atoms with E-state index in [1.807, 2.05) is 16.8 Å². The van der Waals surface area contributed by atoms with Crippen molar-refractivity contribution < 1.29 is 8.42 Å². The Morgan fingerprint density at radius 1 is 1.29 bits per heavy atom. The van der Waals surface area contributed by atoms with Gasteiger partial charge < -0.3 is 5.32 Å². The van der Waals surface area contributed by atoms with Crippen molar-refractivity contribution in [2.75, 3.05) is 12.3 Å². The summed E-state index contributed by atoms with van der Waals surface area (Å²) in [6, 6.07) is 2.66. The number of rotatable bonds is 7. The number of sulfonamides is 1. The van der Waals surface area contributed by atoms with Crippen molar-refractivity contribution in [1.29, 1.82) is 0 Å². The summed E-state index contributed by atoms with van der Waals surface area (Å²) in [5.74, 6) is 0.283. The van der Waals surface area contributed by atoms with Crippen LogP contribution in [-0.2, 0) is 16.6 Å². The van der Waals surface area contributed by atoms with Crippen LogP contribution in [0.3, 0.4) is 0 Å². The number of piperidine rings is 1. The molecule has 0 aromatic carbocycles. The van der Waals surface area contributed by atoms with E-state index in [-0.39, 0.29) is 11.8 Å². The summed E-state index contributed by atoms with van der Waals surface area (Å²) in [5, 5.41) is 7.50. The molecule has 1 aromatic heterocycles. The van der Waals surface area contributed by atoms with Crippen LogP contribution in [-0.4, -0.2) is 37.1 Å². The fraction of sp³-hybridized carbons (Fsp3) is 0.733. The normalized spacial score (nSPS) is 23.6. The lowest BCUT2D eigenvalue weighted by molar-refractivity contribution is 0.376. The van der Waals surface area contributed by atoms with E-state index in [1.54, 1.807) is 15.6 Å². The second kappa shape index (κ2) is 6.77. The summed E-state index contributed by atoms with van der Waals surface area (Å²) in [4.78, 5) is 0. The van der Waals surface area contributed by atoms with Gasteiger partial charge in [-0.25, -0.2) is 8.42 Å². The van der Waals surface area contributed by atoms with Gasteiger partial charge in [-0.05, 0) is 61.0 Å². The molecule has 1 saturated carbocycles. The molecule has 1 atom stereocenters. The quantitative estimate of drug-likeness (QED) is 0.837. The van der Waals surface area contributed by atoms with Crippen molar-refractivity contribution in [3.63, 3.8) is 0 Å². The Morgan fingerprint density at radius 2 is 2.14 bits per heavy atom. The van der Waals surface area contributed by atoms with Crippen molar-refractivity contribution in [2.24, 2.45) is 0 Å². The first-order valence-corrected chi connectivity index (χ1v) is 10.4. The molecule has 3 rings (SSSR count). The summed E-state index contributed by atoms with van der Waals surface area (Å²) in [6.07, 6.45) is 6.34. The van der Waals surface area contributed by atoms with Gasteiger partial charge in [0.2, 0.25) is 10.0 Å². The first kappa shape index (κ1) is 15.5. The van der Waals surface area contributed by atoms with Crippen LogP contribution in [0.25, 0.3) is 0 Å². The number of nitrogens with zero attached hydrogens (tertiary/aromatic N) is 1. The summed E-state index contributed by atoms with van der Waals surface area (Å²) >= 11 is 1.63. The molecule has 1 aromatic rings. The molecule has 21 heavy (non-hydrogen) atoms. The van der Waals surface area contributed by atoms with Gasteiger partial charge >= 0.3 is 0 Å². The first-order chi connectivity index (χ1) is 10.1. The average Bonchev–Trinajstić information content (AvgIpc) is 3.19. The SMILES string of the molecule is O=S(=O)(CCC1CCCCN1)N(Cc1ccsc1)C1CC1. The van der Waals surface area contributed by atoms with E-state index in [9.17, 15) is 8.42 Å². The maximum absolute atomic E-state index is 12.7. The van der Waals surface area contributed by atoms with Gasteiger partial charge in [0.1, 0.15) is 0 Å². The van der Waals surface area contributed by atoms with Crippen LogP contribution in [0.4, 0.5) is 0 Å². The molecule has 0 spiro atoms. The zero-order valence-corrected chi connectivity index (χ0v) is 14.0. The molecule has 1 N–H and O–H groups in total. The molecule has 2 heterocycles. The molecule has 2 aliphatic rings. The van der Waals surface area contributed by atoms with Gasteiger partial charge in [0.05, 0.1) is 5.75 Å². The third-order valence-corrected chi connectivity index (χ3v) is 6.99. The summed E-state index contributed by atoms with van der Waals surface area (Å²) in [5.41, 5.74) is 1.12. The molecule has 118 valence electrons. The van der Waals surface area contributed by atoms with Crippen molar-refractivity contribution in [1.82, 2.24) is 9.62 Å². The van der Waals surface area contributed by atoms with E-state index in [0.717, 1.165) is 37.8 Å². The highest BCUT2D eigenvalue weighted by atomic mass is 32.2. The van der Waals surface area contributed by atoms with Gasteiger partial charge in [0, 0.05) is 18.6 Å². The number of hydrogen-bond donors (Lipinski definition) is 1. The highest BCUT2D eigenvalue weighted by Crippen LogP contribution is 2.31. The Morgan fingerprint density at radius 3 is 2.76 bits per heavy atom.